The van der Waals surface area contributed by atoms with Crippen LogP contribution in [0, 0.1) is 0 Å². The lowest BCUT2D eigenvalue weighted by Crippen LogP contribution is -2.14. The summed E-state index contributed by atoms with van der Waals surface area (Å²) < 4.78 is 5.43. The highest BCUT2D eigenvalue weighted by molar-refractivity contribution is 5.94. The second kappa shape index (κ2) is 4.82. The predicted octanol–water partition coefficient (Wildman–Crippen LogP) is 3.26. The van der Waals surface area contributed by atoms with E-state index in [1.54, 1.807) is 0 Å². The van der Waals surface area contributed by atoms with Gasteiger partial charge in [-0.15, -0.1) is 0 Å². The average Bonchev–Trinajstić information content (AvgIpc) is 3.15. The van der Waals surface area contributed by atoms with E-state index < -0.39 is 0 Å². The molecule has 104 valence electrons. The average molecular weight is 277 g/mol. The van der Waals surface area contributed by atoms with Crippen molar-refractivity contribution in [1.29, 1.82) is 0 Å². The van der Waals surface area contributed by atoms with Gasteiger partial charge in [0.25, 0.3) is 0 Å². The lowest BCUT2D eigenvalue weighted by molar-refractivity contribution is 0.365. The van der Waals surface area contributed by atoms with Crippen LogP contribution >= 0.6 is 0 Å². The molecular formula is C17H15N3O. The van der Waals surface area contributed by atoms with Gasteiger partial charge >= 0.3 is 0 Å². The summed E-state index contributed by atoms with van der Waals surface area (Å²) in [6.45, 7) is 0. The highest BCUT2D eigenvalue weighted by Crippen LogP contribution is 2.30. The van der Waals surface area contributed by atoms with Crippen molar-refractivity contribution < 1.29 is 4.52 Å². The maximum atomic E-state index is 5.88. The summed E-state index contributed by atoms with van der Waals surface area (Å²) in [5.41, 5.74) is 6.87. The Morgan fingerprint density at radius 1 is 1.05 bits per heavy atom. The zero-order chi connectivity index (χ0) is 14.2. The SMILES string of the molecule is NC1C=CC(c2nc(-c3cccc4ccccc34)no2)C1. The molecular weight excluding hydrogens is 262 g/mol. The van der Waals surface area contributed by atoms with Gasteiger partial charge in [0.15, 0.2) is 0 Å². The van der Waals surface area contributed by atoms with E-state index in [1.807, 2.05) is 36.4 Å². The van der Waals surface area contributed by atoms with Gasteiger partial charge in [-0.25, -0.2) is 0 Å². The van der Waals surface area contributed by atoms with Gasteiger partial charge < -0.3 is 10.3 Å². The minimum Gasteiger partial charge on any atom is -0.338 e. The second-order valence-electron chi connectivity index (χ2n) is 5.37. The standard InChI is InChI=1S/C17H15N3O/c18-13-9-8-12(10-13)17-19-16(20-21-17)15-7-3-5-11-4-1-2-6-14(11)15/h1-9,12-13H,10,18H2. The molecule has 2 aromatic carbocycles. The number of nitrogens with two attached hydrogens (primary N) is 1. The van der Waals surface area contributed by atoms with E-state index in [0.29, 0.717) is 11.7 Å². The molecule has 4 heteroatoms. The predicted molar refractivity (Wildman–Crippen MR) is 81.7 cm³/mol. The maximum Gasteiger partial charge on any atom is 0.233 e. The second-order valence-corrected chi connectivity index (χ2v) is 5.37. The first-order valence-corrected chi connectivity index (χ1v) is 7.07. The quantitative estimate of drug-likeness (QED) is 0.730. The number of allylic oxidation sites excluding steroid dienone is 1. The van der Waals surface area contributed by atoms with E-state index in [0.717, 1.165) is 17.4 Å². The third kappa shape index (κ3) is 2.14. The fourth-order valence-electron chi connectivity index (χ4n) is 2.83. The lowest BCUT2D eigenvalue weighted by atomic mass is 10.0. The Kier molecular flexibility index (Phi) is 2.82. The van der Waals surface area contributed by atoms with Gasteiger partial charge in [-0.3, -0.25) is 0 Å². The summed E-state index contributed by atoms with van der Waals surface area (Å²) in [6.07, 6.45) is 4.87. The summed E-state index contributed by atoms with van der Waals surface area (Å²) in [5.74, 6) is 1.41. The molecule has 0 saturated carbocycles. The van der Waals surface area contributed by atoms with Gasteiger partial charge in [-0.1, -0.05) is 59.8 Å². The van der Waals surface area contributed by atoms with Gasteiger partial charge in [0.05, 0.1) is 5.92 Å². The fourth-order valence-corrected chi connectivity index (χ4v) is 2.83. The van der Waals surface area contributed by atoms with Crippen LogP contribution in [0.15, 0.2) is 59.1 Å². The van der Waals surface area contributed by atoms with Crippen LogP contribution in [0.25, 0.3) is 22.2 Å². The zero-order valence-corrected chi connectivity index (χ0v) is 11.4. The molecule has 0 radical (unpaired) electrons. The van der Waals surface area contributed by atoms with Gasteiger partial charge in [-0.05, 0) is 17.2 Å². The molecule has 0 bridgehead atoms. The Morgan fingerprint density at radius 3 is 2.76 bits per heavy atom. The topological polar surface area (TPSA) is 64.9 Å². The first-order valence-electron chi connectivity index (χ1n) is 7.07. The molecule has 0 aliphatic heterocycles. The molecule has 0 fully saturated rings. The van der Waals surface area contributed by atoms with Crippen molar-refractivity contribution in [3.63, 3.8) is 0 Å². The number of aromatic nitrogens is 2. The van der Waals surface area contributed by atoms with E-state index in [1.165, 1.54) is 5.39 Å². The molecule has 2 atom stereocenters. The fraction of sp³-hybridized carbons (Fsp3) is 0.176. The number of rotatable bonds is 2. The molecule has 21 heavy (non-hydrogen) atoms. The number of hydrogen-bond acceptors (Lipinski definition) is 4. The van der Waals surface area contributed by atoms with Gasteiger partial charge in [0.1, 0.15) is 0 Å². The molecule has 0 amide bonds. The summed E-state index contributed by atoms with van der Waals surface area (Å²) in [5, 5.41) is 6.45. The molecule has 1 aliphatic rings. The van der Waals surface area contributed by atoms with E-state index >= 15 is 0 Å². The Balaban J connectivity index is 1.76. The van der Waals surface area contributed by atoms with Gasteiger partial charge in [0, 0.05) is 11.6 Å². The maximum absolute atomic E-state index is 5.88. The van der Waals surface area contributed by atoms with Crippen LogP contribution in [0.2, 0.25) is 0 Å². The van der Waals surface area contributed by atoms with Crippen molar-refractivity contribution in [3.8, 4) is 11.4 Å². The van der Waals surface area contributed by atoms with Crippen molar-refractivity contribution in [2.24, 2.45) is 5.73 Å². The van der Waals surface area contributed by atoms with Crippen molar-refractivity contribution in [2.45, 2.75) is 18.4 Å². The van der Waals surface area contributed by atoms with E-state index in [9.17, 15) is 0 Å². The molecule has 3 aromatic rings. The molecule has 0 saturated heterocycles. The summed E-state index contributed by atoms with van der Waals surface area (Å²) in [4.78, 5) is 4.56. The van der Waals surface area contributed by atoms with Crippen LogP contribution in [-0.2, 0) is 0 Å². The highest BCUT2D eigenvalue weighted by atomic mass is 16.5. The molecule has 1 aromatic heterocycles. The summed E-state index contributed by atoms with van der Waals surface area (Å²) in [6, 6.07) is 14.4. The van der Waals surface area contributed by atoms with Gasteiger partial charge in [0.2, 0.25) is 11.7 Å². The van der Waals surface area contributed by atoms with Crippen LogP contribution in [0.4, 0.5) is 0 Å². The smallest absolute Gasteiger partial charge is 0.233 e. The number of hydrogen-bond donors (Lipinski definition) is 1. The summed E-state index contributed by atoms with van der Waals surface area (Å²) in [7, 11) is 0. The third-order valence-electron chi connectivity index (χ3n) is 3.91. The highest BCUT2D eigenvalue weighted by Gasteiger charge is 2.23. The molecule has 1 aliphatic carbocycles. The third-order valence-corrected chi connectivity index (χ3v) is 3.91. The van der Waals surface area contributed by atoms with Crippen molar-refractivity contribution in [3.05, 3.63) is 60.5 Å². The largest absolute Gasteiger partial charge is 0.338 e. The van der Waals surface area contributed by atoms with E-state index in [2.05, 4.69) is 28.3 Å². The van der Waals surface area contributed by atoms with Crippen molar-refractivity contribution >= 4 is 10.8 Å². The zero-order valence-electron chi connectivity index (χ0n) is 11.4. The van der Waals surface area contributed by atoms with Gasteiger partial charge in [-0.2, -0.15) is 4.98 Å². The van der Waals surface area contributed by atoms with Crippen LogP contribution < -0.4 is 5.73 Å². The van der Waals surface area contributed by atoms with Crippen LogP contribution in [0.5, 0.6) is 0 Å². The van der Waals surface area contributed by atoms with E-state index in [4.69, 9.17) is 10.3 Å². The Hall–Kier alpha value is -2.46. The first kappa shape index (κ1) is 12.3. The van der Waals surface area contributed by atoms with E-state index in [-0.39, 0.29) is 12.0 Å². The monoisotopic (exact) mass is 277 g/mol. The number of fused-ring (bicyclic) bond motifs is 1. The summed E-state index contributed by atoms with van der Waals surface area (Å²) >= 11 is 0. The van der Waals surface area contributed by atoms with Crippen molar-refractivity contribution in [2.75, 3.05) is 0 Å². The lowest BCUT2D eigenvalue weighted by Gasteiger charge is -2.03. The minimum absolute atomic E-state index is 0.0860. The molecule has 4 nitrogen and oxygen atoms in total. The molecule has 2 unspecified atom stereocenters. The minimum atomic E-state index is 0.0860. The number of nitrogens with zero attached hydrogens (tertiary/aromatic N) is 2. The Morgan fingerprint density at radius 2 is 1.90 bits per heavy atom. The number of benzene rings is 2. The Labute approximate surface area is 122 Å². The molecule has 1 heterocycles. The Bertz CT molecular complexity index is 816. The normalized spacial score (nSPS) is 21.2. The molecule has 4 rings (SSSR count). The van der Waals surface area contributed by atoms with Crippen molar-refractivity contribution in [1.82, 2.24) is 10.1 Å². The molecule has 0 spiro atoms. The van der Waals surface area contributed by atoms with Crippen LogP contribution in [0.1, 0.15) is 18.2 Å². The molecule has 2 N–H and O–H groups in total. The van der Waals surface area contributed by atoms with Crippen LogP contribution in [0.3, 0.4) is 0 Å². The first-order chi connectivity index (χ1) is 10.3. The van der Waals surface area contributed by atoms with Crippen LogP contribution in [-0.4, -0.2) is 16.2 Å².